The van der Waals surface area contributed by atoms with Gasteiger partial charge in [0, 0.05) is 22.8 Å². The first-order chi connectivity index (χ1) is 8.48. The Morgan fingerprint density at radius 1 is 1.22 bits per heavy atom. The van der Waals surface area contributed by atoms with Crippen molar-refractivity contribution in [3.05, 3.63) is 30.1 Å². The predicted molar refractivity (Wildman–Crippen MR) is 76.8 cm³/mol. The third-order valence-electron chi connectivity index (χ3n) is 4.55. The van der Waals surface area contributed by atoms with E-state index in [4.69, 9.17) is 0 Å². The van der Waals surface area contributed by atoms with Crippen molar-refractivity contribution in [1.82, 2.24) is 9.88 Å². The van der Waals surface area contributed by atoms with E-state index in [0.717, 1.165) is 0 Å². The van der Waals surface area contributed by atoms with Crippen LogP contribution in [-0.2, 0) is 5.41 Å². The van der Waals surface area contributed by atoms with E-state index < -0.39 is 0 Å². The predicted octanol–water partition coefficient (Wildman–Crippen LogP) is 3.62. The van der Waals surface area contributed by atoms with Crippen LogP contribution >= 0.6 is 0 Å². The quantitative estimate of drug-likeness (QED) is 0.792. The molecule has 0 spiro atoms. The average molecular weight is 246 g/mol. The molecule has 100 valence electrons. The topological polar surface area (TPSA) is 16.1 Å². The monoisotopic (exact) mass is 246 g/mol. The van der Waals surface area contributed by atoms with E-state index in [0.29, 0.717) is 11.0 Å². The summed E-state index contributed by atoms with van der Waals surface area (Å²) in [5.74, 6) is 0. The minimum absolute atomic E-state index is 0.296. The maximum absolute atomic E-state index is 4.61. The van der Waals surface area contributed by atoms with E-state index in [1.807, 2.05) is 12.3 Å². The van der Waals surface area contributed by atoms with Gasteiger partial charge in [-0.1, -0.05) is 13.0 Å². The molecule has 1 aromatic heterocycles. The molecule has 0 saturated carbocycles. The van der Waals surface area contributed by atoms with Crippen molar-refractivity contribution < 1.29 is 0 Å². The van der Waals surface area contributed by atoms with Crippen LogP contribution in [0, 0.1) is 0 Å². The summed E-state index contributed by atoms with van der Waals surface area (Å²) in [6.45, 7) is 11.6. The second kappa shape index (κ2) is 5.00. The van der Waals surface area contributed by atoms with Crippen molar-refractivity contribution in [3.63, 3.8) is 0 Å². The van der Waals surface area contributed by atoms with Gasteiger partial charge in [-0.15, -0.1) is 0 Å². The lowest BCUT2D eigenvalue weighted by molar-refractivity contribution is 0.0712. The Morgan fingerprint density at radius 3 is 2.33 bits per heavy atom. The summed E-state index contributed by atoms with van der Waals surface area (Å²) in [6, 6.07) is 6.34. The lowest BCUT2D eigenvalue weighted by Gasteiger charge is -2.46. The zero-order chi connectivity index (χ0) is 13.2. The lowest BCUT2D eigenvalue weighted by Crippen LogP contribution is -2.50. The maximum atomic E-state index is 4.61. The molecule has 0 amide bonds. The molecule has 2 heteroatoms. The molecule has 1 aliphatic rings. The van der Waals surface area contributed by atoms with E-state index in [-0.39, 0.29) is 0 Å². The van der Waals surface area contributed by atoms with Crippen LogP contribution in [0.15, 0.2) is 24.4 Å². The molecule has 1 fully saturated rings. The van der Waals surface area contributed by atoms with Crippen LogP contribution in [0.3, 0.4) is 0 Å². The smallest absolute Gasteiger partial charge is 0.0466 e. The number of pyridine rings is 1. The summed E-state index contributed by atoms with van der Waals surface area (Å²) < 4.78 is 0. The van der Waals surface area contributed by atoms with E-state index in [1.54, 1.807) is 0 Å². The van der Waals surface area contributed by atoms with Crippen LogP contribution in [-0.4, -0.2) is 28.5 Å². The Bertz CT molecular complexity index is 370. The number of likely N-dealkylation sites (tertiary alicyclic amines) is 1. The zero-order valence-electron chi connectivity index (χ0n) is 12.2. The molecule has 0 unspecified atom stereocenters. The van der Waals surface area contributed by atoms with Gasteiger partial charge in [0.15, 0.2) is 0 Å². The first kappa shape index (κ1) is 13.5. The Hall–Kier alpha value is -0.890. The summed E-state index contributed by atoms with van der Waals surface area (Å²) in [5.41, 5.74) is 1.90. The summed E-state index contributed by atoms with van der Waals surface area (Å²) in [4.78, 5) is 7.22. The molecular weight excluding hydrogens is 220 g/mol. The second-order valence-electron chi connectivity index (χ2n) is 6.51. The summed E-state index contributed by atoms with van der Waals surface area (Å²) in [5, 5.41) is 0. The van der Waals surface area contributed by atoms with E-state index in [9.17, 15) is 0 Å². The van der Waals surface area contributed by atoms with Gasteiger partial charge in [-0.3, -0.25) is 9.88 Å². The number of hydrogen-bond donors (Lipinski definition) is 0. The standard InChI is InChI=1S/C16H26N2/c1-5-16(14-8-6-7-11-17-14)9-12-18(13-10-16)15(2,3)4/h6-8,11H,5,9-10,12-13H2,1-4H3. The molecule has 0 aromatic carbocycles. The molecule has 2 rings (SSSR count). The van der Waals surface area contributed by atoms with Crippen molar-refractivity contribution in [2.24, 2.45) is 0 Å². The molecule has 2 nitrogen and oxygen atoms in total. The van der Waals surface area contributed by atoms with Gasteiger partial charge in [0.25, 0.3) is 0 Å². The SMILES string of the molecule is CCC1(c2ccccn2)CCN(C(C)(C)C)CC1. The maximum Gasteiger partial charge on any atom is 0.0466 e. The number of rotatable bonds is 2. The summed E-state index contributed by atoms with van der Waals surface area (Å²) in [6.07, 6.45) is 5.60. The Labute approximate surface area is 111 Å². The Morgan fingerprint density at radius 2 is 1.89 bits per heavy atom. The molecule has 0 aliphatic carbocycles. The van der Waals surface area contributed by atoms with Gasteiger partial charge in [0.2, 0.25) is 0 Å². The lowest BCUT2D eigenvalue weighted by atomic mass is 9.72. The highest BCUT2D eigenvalue weighted by Gasteiger charge is 2.38. The molecule has 0 atom stereocenters. The van der Waals surface area contributed by atoms with Crippen LogP contribution < -0.4 is 0 Å². The minimum Gasteiger partial charge on any atom is -0.298 e. The molecule has 1 saturated heterocycles. The van der Waals surface area contributed by atoms with Crippen LogP contribution in [0.25, 0.3) is 0 Å². The van der Waals surface area contributed by atoms with Crippen molar-refractivity contribution in [3.8, 4) is 0 Å². The average Bonchev–Trinajstić information content (AvgIpc) is 2.39. The highest BCUT2D eigenvalue weighted by Crippen LogP contribution is 2.38. The third kappa shape index (κ3) is 2.59. The summed E-state index contributed by atoms with van der Waals surface area (Å²) in [7, 11) is 0. The molecule has 1 aliphatic heterocycles. The normalized spacial score (nSPS) is 20.9. The largest absolute Gasteiger partial charge is 0.298 e. The first-order valence-corrected chi connectivity index (χ1v) is 7.14. The van der Waals surface area contributed by atoms with Gasteiger partial charge in [-0.25, -0.2) is 0 Å². The Balaban J connectivity index is 2.14. The van der Waals surface area contributed by atoms with Gasteiger partial charge >= 0.3 is 0 Å². The molecule has 1 aromatic rings. The number of aromatic nitrogens is 1. The summed E-state index contributed by atoms with van der Waals surface area (Å²) >= 11 is 0. The van der Waals surface area contributed by atoms with Crippen molar-refractivity contribution in [2.75, 3.05) is 13.1 Å². The number of nitrogens with zero attached hydrogens (tertiary/aromatic N) is 2. The third-order valence-corrected chi connectivity index (χ3v) is 4.55. The fourth-order valence-corrected chi connectivity index (χ4v) is 3.07. The van der Waals surface area contributed by atoms with Crippen LogP contribution in [0.1, 0.15) is 52.7 Å². The molecule has 0 radical (unpaired) electrons. The molecule has 18 heavy (non-hydrogen) atoms. The van der Waals surface area contributed by atoms with Gasteiger partial charge in [0.05, 0.1) is 0 Å². The highest BCUT2D eigenvalue weighted by molar-refractivity contribution is 5.18. The van der Waals surface area contributed by atoms with E-state index >= 15 is 0 Å². The van der Waals surface area contributed by atoms with Gasteiger partial charge in [0.1, 0.15) is 0 Å². The van der Waals surface area contributed by atoms with Crippen molar-refractivity contribution in [2.45, 2.75) is 57.9 Å². The van der Waals surface area contributed by atoms with Crippen molar-refractivity contribution in [1.29, 1.82) is 0 Å². The fraction of sp³-hybridized carbons (Fsp3) is 0.688. The van der Waals surface area contributed by atoms with Crippen LogP contribution in [0.2, 0.25) is 0 Å². The van der Waals surface area contributed by atoms with Crippen LogP contribution in [0.4, 0.5) is 0 Å². The molecule has 2 heterocycles. The zero-order valence-corrected chi connectivity index (χ0v) is 12.2. The second-order valence-corrected chi connectivity index (χ2v) is 6.51. The highest BCUT2D eigenvalue weighted by atomic mass is 15.2. The molecule has 0 bridgehead atoms. The van der Waals surface area contributed by atoms with Gasteiger partial charge in [-0.05, 0) is 65.3 Å². The van der Waals surface area contributed by atoms with E-state index in [1.165, 1.54) is 38.0 Å². The van der Waals surface area contributed by atoms with Crippen molar-refractivity contribution >= 4 is 0 Å². The van der Waals surface area contributed by atoms with Gasteiger partial charge < -0.3 is 0 Å². The molecular formula is C16H26N2. The van der Waals surface area contributed by atoms with Crippen LogP contribution in [0.5, 0.6) is 0 Å². The fourth-order valence-electron chi connectivity index (χ4n) is 3.07. The van der Waals surface area contributed by atoms with Gasteiger partial charge in [-0.2, -0.15) is 0 Å². The van der Waals surface area contributed by atoms with E-state index in [2.05, 4.69) is 49.7 Å². The minimum atomic E-state index is 0.296. The Kier molecular flexibility index (Phi) is 3.76. The number of hydrogen-bond acceptors (Lipinski definition) is 2. The first-order valence-electron chi connectivity index (χ1n) is 7.14. The molecule has 0 N–H and O–H groups in total. The number of piperidine rings is 1.